The van der Waals surface area contributed by atoms with Crippen molar-refractivity contribution < 1.29 is 14.3 Å². The van der Waals surface area contributed by atoms with E-state index in [0.717, 1.165) is 37.0 Å². The number of nitrogens with one attached hydrogen (secondary N) is 2. The van der Waals surface area contributed by atoms with E-state index in [-0.39, 0.29) is 17.7 Å². The zero-order valence-electron chi connectivity index (χ0n) is 13.8. The third-order valence-corrected chi connectivity index (χ3v) is 4.25. The first-order chi connectivity index (χ1) is 11.2. The van der Waals surface area contributed by atoms with E-state index in [1.54, 1.807) is 7.11 Å². The first-order valence-corrected chi connectivity index (χ1v) is 8.36. The second-order valence-corrected chi connectivity index (χ2v) is 6.00. The van der Waals surface area contributed by atoms with Gasteiger partial charge in [0.15, 0.2) is 0 Å². The molecule has 0 atom stereocenters. The van der Waals surface area contributed by atoms with Gasteiger partial charge in [0.05, 0.1) is 13.5 Å². The van der Waals surface area contributed by atoms with Crippen molar-refractivity contribution in [3.8, 4) is 5.75 Å². The van der Waals surface area contributed by atoms with Crippen LogP contribution in [0.3, 0.4) is 0 Å². The van der Waals surface area contributed by atoms with Crippen molar-refractivity contribution in [2.24, 2.45) is 5.92 Å². The fourth-order valence-corrected chi connectivity index (χ4v) is 2.89. The summed E-state index contributed by atoms with van der Waals surface area (Å²) in [6.07, 6.45) is 5.87. The van der Waals surface area contributed by atoms with Crippen LogP contribution in [0.15, 0.2) is 24.3 Å². The van der Waals surface area contributed by atoms with Gasteiger partial charge in [0.2, 0.25) is 11.8 Å². The molecule has 1 aliphatic carbocycles. The van der Waals surface area contributed by atoms with E-state index >= 15 is 0 Å². The Morgan fingerprint density at radius 2 is 1.70 bits per heavy atom. The number of carbonyl (C=O) groups excluding carboxylic acids is 2. The topological polar surface area (TPSA) is 67.4 Å². The molecule has 5 nitrogen and oxygen atoms in total. The van der Waals surface area contributed by atoms with E-state index in [4.69, 9.17) is 4.74 Å². The van der Waals surface area contributed by atoms with Crippen molar-refractivity contribution in [1.82, 2.24) is 10.6 Å². The fourth-order valence-electron chi connectivity index (χ4n) is 2.89. The van der Waals surface area contributed by atoms with Gasteiger partial charge in [-0.25, -0.2) is 0 Å². The standard InChI is InChI=1S/C18H26N2O3/c1-23-16-9-7-14(8-10-16)13-17(21)19-11-12-20-18(22)15-5-3-2-4-6-15/h7-10,15H,2-6,11-13H2,1H3,(H,19,21)(H,20,22). The van der Waals surface area contributed by atoms with E-state index in [2.05, 4.69) is 10.6 Å². The summed E-state index contributed by atoms with van der Waals surface area (Å²) >= 11 is 0. The van der Waals surface area contributed by atoms with Crippen molar-refractivity contribution in [2.75, 3.05) is 20.2 Å². The van der Waals surface area contributed by atoms with Crippen LogP contribution in [-0.2, 0) is 16.0 Å². The molecule has 2 amide bonds. The maximum absolute atomic E-state index is 12.0. The minimum absolute atomic E-state index is 0.0397. The molecular weight excluding hydrogens is 292 g/mol. The molecule has 5 heteroatoms. The van der Waals surface area contributed by atoms with Crippen molar-refractivity contribution in [1.29, 1.82) is 0 Å². The Bertz CT molecular complexity index is 508. The number of rotatable bonds is 7. The molecule has 1 fully saturated rings. The van der Waals surface area contributed by atoms with Gasteiger partial charge in [0.1, 0.15) is 5.75 Å². The number of carbonyl (C=O) groups is 2. The first kappa shape index (κ1) is 17.3. The highest BCUT2D eigenvalue weighted by Crippen LogP contribution is 2.23. The Morgan fingerprint density at radius 1 is 1.04 bits per heavy atom. The number of amides is 2. The Kier molecular flexibility index (Phi) is 6.91. The molecule has 0 bridgehead atoms. The van der Waals surface area contributed by atoms with Crippen molar-refractivity contribution in [3.63, 3.8) is 0 Å². The molecule has 126 valence electrons. The van der Waals surface area contributed by atoms with Gasteiger partial charge in [-0.15, -0.1) is 0 Å². The molecule has 1 saturated carbocycles. The average molecular weight is 318 g/mol. The third kappa shape index (κ3) is 5.93. The summed E-state index contributed by atoms with van der Waals surface area (Å²) in [5.74, 6) is 1.04. The predicted octanol–water partition coefficient (Wildman–Crippen LogP) is 2.05. The molecule has 1 aromatic carbocycles. The maximum atomic E-state index is 12.0. The molecule has 0 aromatic heterocycles. The van der Waals surface area contributed by atoms with Crippen LogP contribution in [0, 0.1) is 5.92 Å². The number of benzene rings is 1. The number of hydrogen-bond donors (Lipinski definition) is 2. The zero-order valence-corrected chi connectivity index (χ0v) is 13.8. The number of methoxy groups -OCH3 is 1. The molecule has 1 aromatic rings. The Morgan fingerprint density at radius 3 is 2.35 bits per heavy atom. The maximum Gasteiger partial charge on any atom is 0.224 e. The average Bonchev–Trinajstić information content (AvgIpc) is 2.60. The van der Waals surface area contributed by atoms with Crippen LogP contribution in [0.1, 0.15) is 37.7 Å². The molecule has 2 rings (SSSR count). The lowest BCUT2D eigenvalue weighted by Crippen LogP contribution is -2.38. The largest absolute Gasteiger partial charge is 0.497 e. The third-order valence-electron chi connectivity index (χ3n) is 4.25. The van der Waals surface area contributed by atoms with E-state index in [9.17, 15) is 9.59 Å². The normalized spacial score (nSPS) is 15.0. The summed E-state index contributed by atoms with van der Waals surface area (Å²) in [6, 6.07) is 7.44. The van der Waals surface area contributed by atoms with Crippen molar-refractivity contribution in [3.05, 3.63) is 29.8 Å². The second kappa shape index (κ2) is 9.18. The van der Waals surface area contributed by atoms with Crippen LogP contribution in [0.5, 0.6) is 5.75 Å². The van der Waals surface area contributed by atoms with Gasteiger partial charge >= 0.3 is 0 Å². The summed E-state index contributed by atoms with van der Waals surface area (Å²) in [6.45, 7) is 0.955. The van der Waals surface area contributed by atoms with Gasteiger partial charge in [-0.3, -0.25) is 9.59 Å². The smallest absolute Gasteiger partial charge is 0.224 e. The molecule has 0 unspecified atom stereocenters. The Balaban J connectivity index is 1.61. The summed E-state index contributed by atoms with van der Waals surface area (Å²) in [7, 11) is 1.61. The molecule has 2 N–H and O–H groups in total. The van der Waals surface area contributed by atoms with Gasteiger partial charge in [0, 0.05) is 19.0 Å². The lowest BCUT2D eigenvalue weighted by atomic mass is 9.89. The zero-order chi connectivity index (χ0) is 16.5. The van der Waals surface area contributed by atoms with Crippen molar-refractivity contribution >= 4 is 11.8 Å². The minimum atomic E-state index is -0.0397. The lowest BCUT2D eigenvalue weighted by Gasteiger charge is -2.20. The molecule has 0 spiro atoms. The molecule has 0 aliphatic heterocycles. The fraction of sp³-hybridized carbons (Fsp3) is 0.556. The second-order valence-electron chi connectivity index (χ2n) is 6.00. The van der Waals surface area contributed by atoms with Crippen LogP contribution in [0.25, 0.3) is 0 Å². The number of ether oxygens (including phenoxy) is 1. The van der Waals surface area contributed by atoms with Crippen LogP contribution in [-0.4, -0.2) is 32.0 Å². The van der Waals surface area contributed by atoms with Crippen LogP contribution >= 0.6 is 0 Å². The predicted molar refractivity (Wildman–Crippen MR) is 89.3 cm³/mol. The summed E-state index contributed by atoms with van der Waals surface area (Å²) in [4.78, 5) is 23.8. The van der Waals surface area contributed by atoms with Gasteiger partial charge in [0.25, 0.3) is 0 Å². The van der Waals surface area contributed by atoms with E-state index in [0.29, 0.717) is 19.5 Å². The summed E-state index contributed by atoms with van der Waals surface area (Å²) < 4.78 is 5.09. The molecular formula is C18H26N2O3. The molecule has 23 heavy (non-hydrogen) atoms. The van der Waals surface area contributed by atoms with Gasteiger partial charge in [-0.1, -0.05) is 31.4 Å². The minimum Gasteiger partial charge on any atom is -0.497 e. The molecule has 0 radical (unpaired) electrons. The van der Waals surface area contributed by atoms with Gasteiger partial charge < -0.3 is 15.4 Å². The Labute approximate surface area is 137 Å². The van der Waals surface area contributed by atoms with Crippen LogP contribution in [0.4, 0.5) is 0 Å². The highest BCUT2D eigenvalue weighted by Gasteiger charge is 2.20. The highest BCUT2D eigenvalue weighted by molar-refractivity contribution is 5.79. The summed E-state index contributed by atoms with van der Waals surface area (Å²) in [5.41, 5.74) is 0.939. The first-order valence-electron chi connectivity index (χ1n) is 8.36. The van der Waals surface area contributed by atoms with Gasteiger partial charge in [-0.05, 0) is 30.5 Å². The Hall–Kier alpha value is -2.04. The lowest BCUT2D eigenvalue weighted by molar-refractivity contribution is -0.126. The van der Waals surface area contributed by atoms with Crippen molar-refractivity contribution in [2.45, 2.75) is 38.5 Å². The summed E-state index contributed by atoms with van der Waals surface area (Å²) in [5, 5.41) is 5.75. The van der Waals surface area contributed by atoms with E-state index in [1.165, 1.54) is 6.42 Å². The molecule has 1 aliphatic rings. The van der Waals surface area contributed by atoms with Crippen LogP contribution in [0.2, 0.25) is 0 Å². The SMILES string of the molecule is COc1ccc(CC(=O)NCCNC(=O)C2CCCCC2)cc1. The quantitative estimate of drug-likeness (QED) is 0.756. The van der Waals surface area contributed by atoms with E-state index in [1.807, 2.05) is 24.3 Å². The monoisotopic (exact) mass is 318 g/mol. The molecule has 0 saturated heterocycles. The number of hydrogen-bond acceptors (Lipinski definition) is 3. The van der Waals surface area contributed by atoms with Gasteiger partial charge in [-0.2, -0.15) is 0 Å². The van der Waals surface area contributed by atoms with E-state index < -0.39 is 0 Å². The highest BCUT2D eigenvalue weighted by atomic mass is 16.5. The van der Waals surface area contributed by atoms with Crippen LogP contribution < -0.4 is 15.4 Å². The molecule has 0 heterocycles.